The number of terminal acetylenes is 1. The summed E-state index contributed by atoms with van der Waals surface area (Å²) in [5.74, 6) is 2.62. The van der Waals surface area contributed by atoms with Crippen LogP contribution in [0, 0.1) is 12.3 Å². The second-order valence-electron chi connectivity index (χ2n) is 2.60. The maximum absolute atomic E-state index is 5.13. The third-order valence-electron chi connectivity index (χ3n) is 1.53. The molecule has 0 unspecified atom stereocenters. The lowest BCUT2D eigenvalue weighted by Crippen LogP contribution is -2.21. The highest BCUT2D eigenvalue weighted by Crippen LogP contribution is 1.89. The van der Waals surface area contributed by atoms with Gasteiger partial charge in [-0.2, -0.15) is 0 Å². The van der Waals surface area contributed by atoms with Crippen LogP contribution in [0.3, 0.4) is 0 Å². The lowest BCUT2D eigenvalue weighted by atomic mass is 10.3. The molecule has 0 N–H and O–H groups in total. The molecular formula is C9H17NO. The molecule has 0 aromatic carbocycles. The molecule has 0 amide bonds. The first-order valence-electron chi connectivity index (χ1n) is 3.92. The van der Waals surface area contributed by atoms with Gasteiger partial charge in [-0.1, -0.05) is 0 Å². The summed E-state index contributed by atoms with van der Waals surface area (Å²) in [6.45, 7) is 2.89. The van der Waals surface area contributed by atoms with E-state index in [-0.39, 0.29) is 0 Å². The fourth-order valence-corrected chi connectivity index (χ4v) is 0.846. The lowest BCUT2D eigenvalue weighted by Gasteiger charge is -2.13. The number of hydrogen-bond acceptors (Lipinski definition) is 2. The molecule has 0 aliphatic rings. The summed E-state index contributed by atoms with van der Waals surface area (Å²) in [5.41, 5.74) is 0. The number of methoxy groups -OCH3 is 1. The van der Waals surface area contributed by atoms with Crippen molar-refractivity contribution in [1.29, 1.82) is 0 Å². The Morgan fingerprint density at radius 3 is 2.73 bits per heavy atom. The van der Waals surface area contributed by atoms with Gasteiger partial charge in [0.05, 0.1) is 0 Å². The number of rotatable bonds is 6. The summed E-state index contributed by atoms with van der Waals surface area (Å²) in [6.07, 6.45) is 7.05. The molecule has 0 aromatic rings. The van der Waals surface area contributed by atoms with E-state index < -0.39 is 0 Å². The van der Waals surface area contributed by atoms with E-state index in [4.69, 9.17) is 11.2 Å². The minimum atomic E-state index is 0.834. The first-order chi connectivity index (χ1) is 5.31. The molecule has 0 saturated carbocycles. The zero-order valence-electron chi connectivity index (χ0n) is 7.47. The highest BCUT2D eigenvalue weighted by atomic mass is 16.5. The van der Waals surface area contributed by atoms with Crippen LogP contribution < -0.4 is 0 Å². The average molecular weight is 155 g/mol. The Labute approximate surface area is 69.5 Å². The summed E-state index contributed by atoms with van der Waals surface area (Å²) in [4.78, 5) is 2.22. The normalized spacial score (nSPS) is 10.0. The summed E-state index contributed by atoms with van der Waals surface area (Å²) in [5, 5.41) is 0. The van der Waals surface area contributed by atoms with Crippen molar-refractivity contribution in [2.24, 2.45) is 0 Å². The largest absolute Gasteiger partial charge is 0.385 e. The smallest absolute Gasteiger partial charge is 0.0474 e. The van der Waals surface area contributed by atoms with Crippen molar-refractivity contribution in [3.05, 3.63) is 0 Å². The molecule has 0 bridgehead atoms. The van der Waals surface area contributed by atoms with Gasteiger partial charge in [0.25, 0.3) is 0 Å². The van der Waals surface area contributed by atoms with Crippen molar-refractivity contribution in [1.82, 2.24) is 4.90 Å². The van der Waals surface area contributed by atoms with Gasteiger partial charge < -0.3 is 9.64 Å². The van der Waals surface area contributed by atoms with Crippen molar-refractivity contribution in [3.8, 4) is 12.3 Å². The molecule has 0 heterocycles. The highest BCUT2D eigenvalue weighted by molar-refractivity contribution is 4.84. The Balaban J connectivity index is 3.10. The summed E-state index contributed by atoms with van der Waals surface area (Å²) in [7, 11) is 3.80. The Bertz CT molecular complexity index is 117. The van der Waals surface area contributed by atoms with Crippen LogP contribution in [-0.4, -0.2) is 38.8 Å². The van der Waals surface area contributed by atoms with Crippen molar-refractivity contribution < 1.29 is 4.74 Å². The lowest BCUT2D eigenvalue weighted by molar-refractivity contribution is 0.180. The van der Waals surface area contributed by atoms with Gasteiger partial charge in [0, 0.05) is 33.2 Å². The second kappa shape index (κ2) is 7.59. The van der Waals surface area contributed by atoms with Gasteiger partial charge >= 0.3 is 0 Å². The first-order valence-corrected chi connectivity index (χ1v) is 3.92. The molecule has 0 aromatic heterocycles. The molecule has 0 atom stereocenters. The van der Waals surface area contributed by atoms with E-state index >= 15 is 0 Å². The van der Waals surface area contributed by atoms with Crippen LogP contribution in [-0.2, 0) is 4.74 Å². The Hall–Kier alpha value is -0.520. The van der Waals surface area contributed by atoms with Crippen molar-refractivity contribution in [2.75, 3.05) is 33.9 Å². The van der Waals surface area contributed by atoms with Gasteiger partial charge in [0.1, 0.15) is 0 Å². The topological polar surface area (TPSA) is 12.5 Å². The van der Waals surface area contributed by atoms with E-state index in [9.17, 15) is 0 Å². The third-order valence-corrected chi connectivity index (χ3v) is 1.53. The van der Waals surface area contributed by atoms with Crippen LogP contribution in [0.15, 0.2) is 0 Å². The molecule has 0 fully saturated rings. The van der Waals surface area contributed by atoms with Gasteiger partial charge in [0.15, 0.2) is 0 Å². The zero-order valence-corrected chi connectivity index (χ0v) is 7.47. The molecule has 0 radical (unpaired) electrons. The molecule has 0 spiro atoms. The zero-order chi connectivity index (χ0) is 8.53. The van der Waals surface area contributed by atoms with Crippen LogP contribution in [0.25, 0.3) is 0 Å². The van der Waals surface area contributed by atoms with Gasteiger partial charge in [-0.05, 0) is 13.5 Å². The van der Waals surface area contributed by atoms with E-state index in [2.05, 4.69) is 17.9 Å². The van der Waals surface area contributed by atoms with E-state index in [1.54, 1.807) is 7.11 Å². The van der Waals surface area contributed by atoms with Crippen LogP contribution in [0.1, 0.15) is 12.8 Å². The van der Waals surface area contributed by atoms with Gasteiger partial charge in [-0.15, -0.1) is 12.3 Å². The van der Waals surface area contributed by atoms with E-state index in [1.807, 2.05) is 0 Å². The highest BCUT2D eigenvalue weighted by Gasteiger charge is 1.94. The molecule has 2 heteroatoms. The quantitative estimate of drug-likeness (QED) is 0.419. The summed E-state index contributed by atoms with van der Waals surface area (Å²) in [6, 6.07) is 0. The van der Waals surface area contributed by atoms with Crippen LogP contribution in [0.2, 0.25) is 0 Å². The summed E-state index contributed by atoms with van der Waals surface area (Å²) >= 11 is 0. The minimum Gasteiger partial charge on any atom is -0.385 e. The maximum atomic E-state index is 5.13. The molecule has 0 aliphatic carbocycles. The predicted molar refractivity (Wildman–Crippen MR) is 47.4 cm³/mol. The van der Waals surface area contributed by atoms with Crippen LogP contribution in [0.4, 0.5) is 0 Å². The van der Waals surface area contributed by atoms with Gasteiger partial charge in [0.2, 0.25) is 0 Å². The Morgan fingerprint density at radius 2 is 2.18 bits per heavy atom. The number of ether oxygens (including phenoxy) is 1. The standard InChI is InChI=1S/C9H17NO/c1-4-5-7-10(2)8-6-9-11-3/h1H,5-9H2,2-3H3. The minimum absolute atomic E-state index is 0.834. The van der Waals surface area contributed by atoms with E-state index in [0.717, 1.165) is 32.5 Å². The van der Waals surface area contributed by atoms with Crippen LogP contribution in [0.5, 0.6) is 0 Å². The van der Waals surface area contributed by atoms with Crippen molar-refractivity contribution in [3.63, 3.8) is 0 Å². The molecule has 2 nitrogen and oxygen atoms in total. The van der Waals surface area contributed by atoms with E-state index in [1.165, 1.54) is 0 Å². The van der Waals surface area contributed by atoms with E-state index in [0.29, 0.717) is 0 Å². The predicted octanol–water partition coefficient (Wildman–Crippen LogP) is 0.978. The van der Waals surface area contributed by atoms with Crippen LogP contribution >= 0.6 is 0 Å². The monoisotopic (exact) mass is 155 g/mol. The number of hydrogen-bond donors (Lipinski definition) is 0. The number of nitrogens with zero attached hydrogens (tertiary/aromatic N) is 1. The fraction of sp³-hybridized carbons (Fsp3) is 0.778. The van der Waals surface area contributed by atoms with Crippen molar-refractivity contribution in [2.45, 2.75) is 12.8 Å². The molecular weight excluding hydrogens is 138 g/mol. The average Bonchev–Trinajstić information content (AvgIpc) is 2.01. The second-order valence-corrected chi connectivity index (χ2v) is 2.60. The third kappa shape index (κ3) is 7.38. The first kappa shape index (κ1) is 10.5. The fourth-order valence-electron chi connectivity index (χ4n) is 0.846. The Kier molecular flexibility index (Phi) is 7.23. The maximum Gasteiger partial charge on any atom is 0.0474 e. The van der Waals surface area contributed by atoms with Gasteiger partial charge in [-0.25, -0.2) is 0 Å². The molecule has 0 rings (SSSR count). The SMILES string of the molecule is C#CCCN(C)CCCOC. The molecule has 0 aliphatic heterocycles. The summed E-state index contributed by atoms with van der Waals surface area (Å²) < 4.78 is 4.93. The molecule has 11 heavy (non-hydrogen) atoms. The molecule has 64 valence electrons. The van der Waals surface area contributed by atoms with Crippen molar-refractivity contribution >= 4 is 0 Å². The van der Waals surface area contributed by atoms with Gasteiger partial charge in [-0.3, -0.25) is 0 Å². The molecule has 0 saturated heterocycles. The Morgan fingerprint density at radius 1 is 1.45 bits per heavy atom.